The summed E-state index contributed by atoms with van der Waals surface area (Å²) in [6.45, 7) is 0.837. The number of hydrogen-bond donors (Lipinski definition) is 1. The van der Waals surface area contributed by atoms with Gasteiger partial charge in [-0.15, -0.1) is 0 Å². The number of carboxylic acid groups (broad SMARTS) is 1. The number of halogens is 2. The molecule has 5 nitrogen and oxygen atoms in total. The zero-order valence-electron chi connectivity index (χ0n) is 16.3. The Labute approximate surface area is 188 Å². The maximum Gasteiger partial charge on any atom is 0.339 e. The molecule has 2 aromatic carbocycles. The molecule has 1 fully saturated rings. The molecule has 1 N–H and O–H groups in total. The quantitative estimate of drug-likeness (QED) is 0.483. The van der Waals surface area contributed by atoms with Gasteiger partial charge in [0.05, 0.1) is 17.3 Å². The monoisotopic (exact) mass is 485 g/mol. The van der Waals surface area contributed by atoms with Gasteiger partial charge in [0.1, 0.15) is 0 Å². The van der Waals surface area contributed by atoms with E-state index in [1.54, 1.807) is 0 Å². The summed E-state index contributed by atoms with van der Waals surface area (Å²) >= 11 is 9.60. The number of aromatic nitrogens is 2. The highest BCUT2D eigenvalue weighted by molar-refractivity contribution is 9.10. The fraction of sp³-hybridized carbons (Fsp3) is 0.261. The Morgan fingerprint density at radius 2 is 1.93 bits per heavy atom. The fourth-order valence-electron chi connectivity index (χ4n) is 3.91. The first-order chi connectivity index (χ1) is 14.5. The first-order valence-electron chi connectivity index (χ1n) is 9.87. The van der Waals surface area contributed by atoms with Gasteiger partial charge in [0.15, 0.2) is 0 Å². The average molecular weight is 487 g/mol. The minimum absolute atomic E-state index is 0.160. The molecular weight excluding hydrogens is 466 g/mol. The van der Waals surface area contributed by atoms with Crippen molar-refractivity contribution in [3.8, 4) is 0 Å². The molecular formula is C23H21BrClN3O2. The van der Waals surface area contributed by atoms with Gasteiger partial charge in [0.2, 0.25) is 5.95 Å². The fourth-order valence-corrected chi connectivity index (χ4v) is 4.52. The smallest absolute Gasteiger partial charge is 0.339 e. The standard InChI is InChI=1S/C23H21BrClN3O2/c24-19-5-2-1-4-15(19)9-12-20-18(22(29)30)14-26-23(27-20)28-13-3-6-21(28)16-7-10-17(25)11-8-16/h1-2,4-5,7-8,10-11,14,21H,3,6,9,12-13H2,(H,29,30)/t21-/m0/s1. The summed E-state index contributed by atoms with van der Waals surface area (Å²) in [6.07, 6.45) is 4.69. The van der Waals surface area contributed by atoms with Crippen LogP contribution in [0.1, 0.15) is 46.1 Å². The van der Waals surface area contributed by atoms with Crippen LogP contribution in [-0.4, -0.2) is 27.6 Å². The molecule has 0 radical (unpaired) electrons. The van der Waals surface area contributed by atoms with E-state index in [0.717, 1.165) is 35.0 Å². The molecule has 154 valence electrons. The number of rotatable bonds is 6. The Morgan fingerprint density at radius 1 is 1.17 bits per heavy atom. The molecule has 2 heterocycles. The number of carbonyl (C=O) groups is 1. The van der Waals surface area contributed by atoms with Crippen molar-refractivity contribution in [1.82, 2.24) is 9.97 Å². The molecule has 1 saturated heterocycles. The number of anilines is 1. The van der Waals surface area contributed by atoms with Gasteiger partial charge in [-0.3, -0.25) is 0 Å². The second kappa shape index (κ2) is 9.14. The molecule has 30 heavy (non-hydrogen) atoms. The summed E-state index contributed by atoms with van der Waals surface area (Å²) in [5.41, 5.74) is 3.00. The maximum atomic E-state index is 11.7. The van der Waals surface area contributed by atoms with E-state index in [1.807, 2.05) is 48.5 Å². The van der Waals surface area contributed by atoms with E-state index < -0.39 is 5.97 Å². The van der Waals surface area contributed by atoms with Crippen molar-refractivity contribution in [2.24, 2.45) is 0 Å². The molecule has 0 spiro atoms. The van der Waals surface area contributed by atoms with Gasteiger partial charge in [0, 0.05) is 22.2 Å². The third-order valence-corrected chi connectivity index (χ3v) is 6.46. The van der Waals surface area contributed by atoms with Crippen LogP contribution in [0.3, 0.4) is 0 Å². The Hall–Kier alpha value is -2.44. The van der Waals surface area contributed by atoms with E-state index >= 15 is 0 Å². The Balaban J connectivity index is 1.62. The van der Waals surface area contributed by atoms with Crippen LogP contribution in [0.5, 0.6) is 0 Å². The van der Waals surface area contributed by atoms with Gasteiger partial charge >= 0.3 is 5.97 Å². The van der Waals surface area contributed by atoms with Crippen molar-refractivity contribution in [1.29, 1.82) is 0 Å². The molecule has 1 aliphatic rings. The molecule has 7 heteroatoms. The van der Waals surface area contributed by atoms with E-state index in [4.69, 9.17) is 16.6 Å². The number of carboxylic acids is 1. The van der Waals surface area contributed by atoms with E-state index in [-0.39, 0.29) is 11.6 Å². The summed E-state index contributed by atoms with van der Waals surface area (Å²) in [5.74, 6) is -0.418. The van der Waals surface area contributed by atoms with Crippen molar-refractivity contribution >= 4 is 39.4 Å². The summed E-state index contributed by atoms with van der Waals surface area (Å²) < 4.78 is 1.01. The highest BCUT2D eigenvalue weighted by Gasteiger charge is 2.29. The van der Waals surface area contributed by atoms with Crippen LogP contribution in [0.2, 0.25) is 5.02 Å². The second-order valence-corrected chi connectivity index (χ2v) is 8.62. The average Bonchev–Trinajstić information content (AvgIpc) is 3.23. The Kier molecular flexibility index (Phi) is 6.35. The van der Waals surface area contributed by atoms with Gasteiger partial charge in [-0.25, -0.2) is 14.8 Å². The van der Waals surface area contributed by atoms with Crippen molar-refractivity contribution < 1.29 is 9.90 Å². The van der Waals surface area contributed by atoms with E-state index in [0.29, 0.717) is 29.5 Å². The molecule has 1 aliphatic heterocycles. The van der Waals surface area contributed by atoms with Crippen LogP contribution in [0.15, 0.2) is 59.2 Å². The minimum Gasteiger partial charge on any atom is -0.478 e. The normalized spacial score (nSPS) is 16.1. The first kappa shape index (κ1) is 20.8. The van der Waals surface area contributed by atoms with E-state index in [1.165, 1.54) is 6.20 Å². The largest absolute Gasteiger partial charge is 0.478 e. The van der Waals surface area contributed by atoms with Crippen LogP contribution >= 0.6 is 27.5 Å². The molecule has 0 aliphatic carbocycles. The number of aryl methyl sites for hydroxylation is 2. The first-order valence-corrected chi connectivity index (χ1v) is 11.0. The van der Waals surface area contributed by atoms with Crippen LogP contribution in [0.25, 0.3) is 0 Å². The predicted molar refractivity (Wildman–Crippen MR) is 121 cm³/mol. The summed E-state index contributed by atoms with van der Waals surface area (Å²) in [7, 11) is 0. The van der Waals surface area contributed by atoms with Gasteiger partial charge in [-0.05, 0) is 55.0 Å². The molecule has 0 bridgehead atoms. The van der Waals surface area contributed by atoms with Crippen LogP contribution in [0, 0.1) is 0 Å². The molecule has 4 rings (SSSR count). The number of aromatic carboxylic acids is 1. The van der Waals surface area contributed by atoms with Gasteiger partial charge in [0.25, 0.3) is 0 Å². The molecule has 0 saturated carbocycles. The Bertz CT molecular complexity index is 1060. The topological polar surface area (TPSA) is 66.3 Å². The zero-order chi connectivity index (χ0) is 21.1. The number of benzene rings is 2. The summed E-state index contributed by atoms with van der Waals surface area (Å²) in [6, 6.07) is 16.0. The Morgan fingerprint density at radius 3 is 2.67 bits per heavy atom. The lowest BCUT2D eigenvalue weighted by molar-refractivity contribution is 0.0694. The number of hydrogen-bond acceptors (Lipinski definition) is 4. The molecule has 0 amide bonds. The zero-order valence-corrected chi connectivity index (χ0v) is 18.6. The lowest BCUT2D eigenvalue weighted by Gasteiger charge is -2.25. The SMILES string of the molecule is O=C(O)c1cnc(N2CCC[C@H]2c2ccc(Cl)cc2)nc1CCc1ccccc1Br. The minimum atomic E-state index is -1.00. The lowest BCUT2D eigenvalue weighted by Crippen LogP contribution is -2.25. The molecule has 3 aromatic rings. The van der Waals surface area contributed by atoms with Crippen molar-refractivity contribution in [2.45, 2.75) is 31.7 Å². The number of nitrogens with zero attached hydrogens (tertiary/aromatic N) is 3. The van der Waals surface area contributed by atoms with Crippen LogP contribution in [0.4, 0.5) is 5.95 Å². The van der Waals surface area contributed by atoms with Crippen molar-refractivity contribution in [2.75, 3.05) is 11.4 Å². The summed E-state index contributed by atoms with van der Waals surface area (Å²) in [5, 5.41) is 10.3. The maximum absolute atomic E-state index is 11.7. The van der Waals surface area contributed by atoms with E-state index in [9.17, 15) is 9.90 Å². The second-order valence-electron chi connectivity index (χ2n) is 7.33. The highest BCUT2D eigenvalue weighted by atomic mass is 79.9. The van der Waals surface area contributed by atoms with Crippen LogP contribution < -0.4 is 4.90 Å². The third-order valence-electron chi connectivity index (χ3n) is 5.44. The van der Waals surface area contributed by atoms with Crippen molar-refractivity contribution in [3.05, 3.63) is 86.6 Å². The van der Waals surface area contributed by atoms with Crippen molar-refractivity contribution in [3.63, 3.8) is 0 Å². The molecule has 1 atom stereocenters. The van der Waals surface area contributed by atoms with Gasteiger partial charge in [-0.1, -0.05) is 57.9 Å². The highest BCUT2D eigenvalue weighted by Crippen LogP contribution is 2.35. The summed E-state index contributed by atoms with van der Waals surface area (Å²) in [4.78, 5) is 23.0. The van der Waals surface area contributed by atoms with E-state index in [2.05, 4.69) is 25.8 Å². The van der Waals surface area contributed by atoms with Gasteiger partial charge < -0.3 is 10.0 Å². The molecule has 0 unspecified atom stereocenters. The lowest BCUT2D eigenvalue weighted by atomic mass is 10.0. The third kappa shape index (κ3) is 4.50. The predicted octanol–water partition coefficient (Wildman–Crippen LogP) is 5.72. The van der Waals surface area contributed by atoms with Gasteiger partial charge in [-0.2, -0.15) is 0 Å². The van der Waals surface area contributed by atoms with Crippen LogP contribution in [-0.2, 0) is 12.8 Å². The molecule has 1 aromatic heterocycles.